The number of rotatable bonds is 4. The van der Waals surface area contributed by atoms with Gasteiger partial charge >= 0.3 is 0 Å². The van der Waals surface area contributed by atoms with E-state index in [4.69, 9.17) is 23.2 Å². The third-order valence-electron chi connectivity index (χ3n) is 5.09. The Balaban J connectivity index is 2.26. The molecule has 152 valence electrons. The molecule has 28 heavy (non-hydrogen) atoms. The van der Waals surface area contributed by atoms with Crippen LogP contribution in [0, 0.1) is 0 Å². The van der Waals surface area contributed by atoms with Crippen molar-refractivity contribution in [1.29, 1.82) is 0 Å². The maximum Gasteiger partial charge on any atom is 0.294 e. The predicted octanol–water partition coefficient (Wildman–Crippen LogP) is 4.93. The third-order valence-corrected chi connectivity index (χ3v) is 7.57. The minimum Gasteiger partial charge on any atom is -0.282 e. The van der Waals surface area contributed by atoms with E-state index < -0.39 is 32.1 Å². The zero-order chi connectivity index (χ0) is 20.7. The van der Waals surface area contributed by atoms with E-state index in [-0.39, 0.29) is 31.0 Å². The monoisotopic (exact) mass is 464 g/mol. The molecule has 0 amide bonds. The van der Waals surface area contributed by atoms with Gasteiger partial charge < -0.3 is 0 Å². The van der Waals surface area contributed by atoms with Crippen LogP contribution in [-0.2, 0) is 20.2 Å². The molecule has 1 saturated carbocycles. The number of hydrogen-bond acceptors (Lipinski definition) is 4. The predicted molar refractivity (Wildman–Crippen MR) is 106 cm³/mol. The van der Waals surface area contributed by atoms with E-state index in [2.05, 4.69) is 0 Å². The van der Waals surface area contributed by atoms with Gasteiger partial charge in [-0.3, -0.25) is 9.11 Å². The average molecular weight is 465 g/mol. The highest BCUT2D eigenvalue weighted by atomic mass is 35.5. The minimum absolute atomic E-state index is 0.160. The zero-order valence-electron chi connectivity index (χ0n) is 14.5. The van der Waals surface area contributed by atoms with Crippen LogP contribution in [0.2, 0.25) is 10.0 Å². The summed E-state index contributed by atoms with van der Waals surface area (Å²) in [5.41, 5.74) is 0.468. The maximum absolute atomic E-state index is 11.9. The molecule has 1 aliphatic carbocycles. The van der Waals surface area contributed by atoms with E-state index in [0.29, 0.717) is 12.8 Å². The van der Waals surface area contributed by atoms with E-state index >= 15 is 0 Å². The summed E-state index contributed by atoms with van der Waals surface area (Å²) >= 11 is 12.6. The number of halogens is 2. The van der Waals surface area contributed by atoms with Crippen LogP contribution in [0.4, 0.5) is 0 Å². The quantitative estimate of drug-likeness (QED) is 0.620. The van der Waals surface area contributed by atoms with Gasteiger partial charge in [-0.2, -0.15) is 16.8 Å². The van der Waals surface area contributed by atoms with Crippen LogP contribution < -0.4 is 0 Å². The largest absolute Gasteiger partial charge is 0.294 e. The van der Waals surface area contributed by atoms with E-state index in [1.165, 1.54) is 36.4 Å². The van der Waals surface area contributed by atoms with E-state index in [0.717, 1.165) is 12.8 Å². The van der Waals surface area contributed by atoms with E-state index in [1.807, 2.05) is 0 Å². The van der Waals surface area contributed by atoms with Gasteiger partial charge in [0.25, 0.3) is 20.2 Å². The fraction of sp³-hybridized carbons (Fsp3) is 0.333. The molecule has 6 nitrogen and oxygen atoms in total. The molecule has 2 aromatic carbocycles. The van der Waals surface area contributed by atoms with Gasteiger partial charge in [-0.25, -0.2) is 0 Å². The molecule has 10 heteroatoms. The Morgan fingerprint density at radius 2 is 1.07 bits per heavy atom. The summed E-state index contributed by atoms with van der Waals surface area (Å²) in [6, 6.07) is 8.41. The molecule has 1 aliphatic rings. The zero-order valence-corrected chi connectivity index (χ0v) is 17.7. The van der Waals surface area contributed by atoms with Crippen LogP contribution in [0.1, 0.15) is 48.6 Å². The first-order valence-electron chi connectivity index (χ1n) is 8.53. The lowest BCUT2D eigenvalue weighted by Crippen LogP contribution is -2.21. The van der Waals surface area contributed by atoms with Crippen LogP contribution in [0.5, 0.6) is 0 Å². The van der Waals surface area contributed by atoms with Crippen molar-refractivity contribution < 1.29 is 25.9 Å². The van der Waals surface area contributed by atoms with Gasteiger partial charge in [0.2, 0.25) is 0 Å². The Morgan fingerprint density at radius 1 is 0.714 bits per heavy atom. The van der Waals surface area contributed by atoms with Crippen molar-refractivity contribution in [3.8, 4) is 0 Å². The molecule has 0 aromatic heterocycles. The van der Waals surface area contributed by atoms with Crippen molar-refractivity contribution in [2.75, 3.05) is 0 Å². The van der Waals surface area contributed by atoms with Crippen LogP contribution >= 0.6 is 23.2 Å². The third kappa shape index (κ3) is 4.22. The van der Waals surface area contributed by atoms with Crippen molar-refractivity contribution in [2.45, 2.75) is 47.3 Å². The summed E-state index contributed by atoms with van der Waals surface area (Å²) in [5, 5.41) is 0.319. The lowest BCUT2D eigenvalue weighted by molar-refractivity contribution is 0.375. The fourth-order valence-electron chi connectivity index (χ4n) is 4.03. The molecule has 1 fully saturated rings. The lowest BCUT2D eigenvalue weighted by Gasteiger charge is -2.34. The second-order valence-corrected chi connectivity index (χ2v) is 10.3. The van der Waals surface area contributed by atoms with Gasteiger partial charge in [0.05, 0.1) is 9.79 Å². The molecule has 2 unspecified atom stereocenters. The Labute approximate surface area is 174 Å². The summed E-state index contributed by atoms with van der Waals surface area (Å²) in [7, 11) is -9.09. The molecular formula is C18H18Cl2O6S2. The second kappa shape index (κ2) is 7.93. The first-order valence-corrected chi connectivity index (χ1v) is 12.2. The van der Waals surface area contributed by atoms with Gasteiger partial charge in [-0.05, 0) is 60.1 Å². The second-order valence-electron chi connectivity index (χ2n) is 6.75. The highest BCUT2D eigenvalue weighted by Crippen LogP contribution is 2.50. The number of hydrogen-bond donors (Lipinski definition) is 2. The van der Waals surface area contributed by atoms with Gasteiger partial charge in [0.1, 0.15) is 0 Å². The van der Waals surface area contributed by atoms with Crippen LogP contribution in [0.25, 0.3) is 0 Å². The molecule has 2 aromatic rings. The van der Waals surface area contributed by atoms with Gasteiger partial charge in [-0.1, -0.05) is 48.2 Å². The number of benzene rings is 2. The Kier molecular flexibility index (Phi) is 6.10. The summed E-state index contributed by atoms with van der Waals surface area (Å²) < 4.78 is 67.0. The van der Waals surface area contributed by atoms with E-state index in [1.54, 1.807) is 0 Å². The fourth-order valence-corrected chi connectivity index (χ4v) is 6.35. The summed E-state index contributed by atoms with van der Waals surface area (Å²) in [5.74, 6) is -1.00. The smallest absolute Gasteiger partial charge is 0.282 e. The molecule has 0 bridgehead atoms. The summed E-state index contributed by atoms with van der Waals surface area (Å²) in [6.07, 6.45) is 2.58. The first-order chi connectivity index (χ1) is 13.0. The summed E-state index contributed by atoms with van der Waals surface area (Å²) in [4.78, 5) is -0.616. The molecule has 2 N–H and O–H groups in total. The van der Waals surface area contributed by atoms with Crippen LogP contribution in [-0.4, -0.2) is 25.9 Å². The molecule has 0 heterocycles. The molecule has 3 rings (SSSR count). The van der Waals surface area contributed by atoms with Crippen LogP contribution in [0.15, 0.2) is 46.2 Å². The molecule has 2 atom stereocenters. The van der Waals surface area contributed by atoms with Crippen molar-refractivity contribution in [3.05, 3.63) is 57.6 Å². The standard InChI is InChI=1S/C18H18Cl2O6S2/c19-13-7-3-9-15(27(21,22)23)17(13)11-5-1-2-6-12(11)18-14(20)8-4-10-16(18)28(24,25)26/h3-4,7-12H,1-2,5-6H2,(H,21,22,23)(H,24,25,26). The van der Waals surface area contributed by atoms with Gasteiger partial charge in [-0.15, -0.1) is 0 Å². The minimum atomic E-state index is -4.54. The van der Waals surface area contributed by atoms with Crippen molar-refractivity contribution in [1.82, 2.24) is 0 Å². The first kappa shape index (κ1) is 21.5. The topological polar surface area (TPSA) is 109 Å². The van der Waals surface area contributed by atoms with Crippen molar-refractivity contribution in [3.63, 3.8) is 0 Å². The Hall–Kier alpha value is -1.16. The maximum atomic E-state index is 11.9. The Morgan fingerprint density at radius 3 is 1.39 bits per heavy atom. The molecule has 0 radical (unpaired) electrons. The van der Waals surface area contributed by atoms with Gasteiger partial charge in [0, 0.05) is 10.0 Å². The van der Waals surface area contributed by atoms with Crippen molar-refractivity contribution in [2.24, 2.45) is 0 Å². The molecule has 0 spiro atoms. The molecular weight excluding hydrogens is 447 g/mol. The Bertz CT molecular complexity index is 1020. The highest BCUT2D eigenvalue weighted by Gasteiger charge is 2.36. The lowest BCUT2D eigenvalue weighted by atomic mass is 9.72. The molecule has 0 aliphatic heterocycles. The SMILES string of the molecule is O=S(=O)(O)c1cccc(Cl)c1C1CCCCC1c1c(Cl)cccc1S(=O)(=O)O. The van der Waals surface area contributed by atoms with Crippen LogP contribution in [0.3, 0.4) is 0 Å². The molecule has 0 saturated heterocycles. The summed E-state index contributed by atoms with van der Waals surface area (Å²) in [6.45, 7) is 0. The normalized spacial score (nSPS) is 20.9. The highest BCUT2D eigenvalue weighted by molar-refractivity contribution is 7.86. The van der Waals surface area contributed by atoms with Crippen molar-refractivity contribution >= 4 is 43.4 Å². The van der Waals surface area contributed by atoms with E-state index in [9.17, 15) is 25.9 Å². The average Bonchev–Trinajstić information content (AvgIpc) is 2.60. The van der Waals surface area contributed by atoms with Gasteiger partial charge in [0.15, 0.2) is 0 Å².